The van der Waals surface area contributed by atoms with Crippen LogP contribution in [-0.4, -0.2) is 71.5 Å². The van der Waals surface area contributed by atoms with Gasteiger partial charge in [-0.05, 0) is 38.1 Å². The van der Waals surface area contributed by atoms with Crippen molar-refractivity contribution >= 4 is 23.7 Å². The second-order valence-electron chi connectivity index (χ2n) is 7.33. The summed E-state index contributed by atoms with van der Waals surface area (Å²) in [5, 5.41) is 17.6. The van der Waals surface area contributed by atoms with Crippen molar-refractivity contribution in [3.05, 3.63) is 0 Å². The van der Waals surface area contributed by atoms with Crippen molar-refractivity contribution in [3.63, 3.8) is 0 Å². The van der Waals surface area contributed by atoms with Crippen LogP contribution in [0.3, 0.4) is 0 Å². The molecule has 2 saturated heterocycles. The van der Waals surface area contributed by atoms with Gasteiger partial charge in [-0.1, -0.05) is 20.3 Å². The number of carboxylic acid groups (broad SMARTS) is 1. The Hall–Kier alpha value is -2.16. The SMILES string of the molecule is CCC(C)C(NC(=O)CNC(=O)C1CCCN1)C(=O)N1CCCC1C(=O)O. The number of carbonyl (C=O) groups is 4. The summed E-state index contributed by atoms with van der Waals surface area (Å²) in [6, 6.07) is -1.91. The molecule has 0 radical (unpaired) electrons. The van der Waals surface area contributed by atoms with Crippen molar-refractivity contribution in [3.8, 4) is 0 Å². The van der Waals surface area contributed by atoms with Gasteiger partial charge in [0, 0.05) is 6.54 Å². The molecule has 2 fully saturated rings. The van der Waals surface area contributed by atoms with Gasteiger partial charge in [-0.3, -0.25) is 14.4 Å². The van der Waals surface area contributed by atoms with E-state index in [0.717, 1.165) is 19.4 Å². The third-order valence-corrected chi connectivity index (χ3v) is 5.42. The molecule has 9 nitrogen and oxygen atoms in total. The minimum absolute atomic E-state index is 0.149. The van der Waals surface area contributed by atoms with Gasteiger partial charge in [0.1, 0.15) is 12.1 Å². The number of carbonyl (C=O) groups excluding carboxylic acids is 3. The molecule has 9 heteroatoms. The van der Waals surface area contributed by atoms with Gasteiger partial charge in [0.05, 0.1) is 12.6 Å². The average Bonchev–Trinajstić information content (AvgIpc) is 3.34. The standard InChI is InChI=1S/C18H30N4O5/c1-3-11(2)15(17(25)22-9-5-7-13(22)18(26)27)21-14(23)10-20-16(24)12-6-4-8-19-12/h11-13,15,19H,3-10H2,1-2H3,(H,20,24)(H,21,23)(H,26,27). The molecule has 2 heterocycles. The van der Waals surface area contributed by atoms with Gasteiger partial charge in [0.25, 0.3) is 0 Å². The number of nitrogens with one attached hydrogen (secondary N) is 3. The van der Waals surface area contributed by atoms with Crippen LogP contribution in [0.2, 0.25) is 0 Å². The smallest absolute Gasteiger partial charge is 0.326 e. The largest absolute Gasteiger partial charge is 0.480 e. The molecule has 3 amide bonds. The van der Waals surface area contributed by atoms with Crippen molar-refractivity contribution in [2.75, 3.05) is 19.6 Å². The van der Waals surface area contributed by atoms with Crippen LogP contribution in [0.15, 0.2) is 0 Å². The Morgan fingerprint density at radius 2 is 1.96 bits per heavy atom. The van der Waals surface area contributed by atoms with E-state index in [0.29, 0.717) is 25.8 Å². The monoisotopic (exact) mass is 382 g/mol. The highest BCUT2D eigenvalue weighted by Gasteiger charge is 2.39. The molecule has 2 aliphatic heterocycles. The van der Waals surface area contributed by atoms with Crippen LogP contribution in [0.5, 0.6) is 0 Å². The van der Waals surface area contributed by atoms with E-state index in [1.165, 1.54) is 4.90 Å². The van der Waals surface area contributed by atoms with E-state index in [1.54, 1.807) is 0 Å². The number of rotatable bonds is 8. The van der Waals surface area contributed by atoms with Gasteiger partial charge in [0.2, 0.25) is 17.7 Å². The first-order chi connectivity index (χ1) is 12.8. The van der Waals surface area contributed by atoms with Crippen molar-refractivity contribution in [1.29, 1.82) is 0 Å². The molecule has 0 saturated carbocycles. The van der Waals surface area contributed by atoms with Crippen molar-refractivity contribution < 1.29 is 24.3 Å². The van der Waals surface area contributed by atoms with Gasteiger partial charge in [-0.2, -0.15) is 0 Å². The second-order valence-corrected chi connectivity index (χ2v) is 7.33. The number of likely N-dealkylation sites (tertiary alicyclic amines) is 1. The van der Waals surface area contributed by atoms with Crippen molar-refractivity contribution in [1.82, 2.24) is 20.9 Å². The van der Waals surface area contributed by atoms with Crippen LogP contribution in [0.4, 0.5) is 0 Å². The highest BCUT2D eigenvalue weighted by molar-refractivity contribution is 5.93. The predicted molar refractivity (Wildman–Crippen MR) is 97.8 cm³/mol. The molecule has 27 heavy (non-hydrogen) atoms. The first-order valence-electron chi connectivity index (χ1n) is 9.68. The molecule has 0 bridgehead atoms. The lowest BCUT2D eigenvalue weighted by Crippen LogP contribution is -2.55. The van der Waals surface area contributed by atoms with Crippen LogP contribution in [0, 0.1) is 5.92 Å². The Labute approximate surface area is 159 Å². The molecule has 152 valence electrons. The van der Waals surface area contributed by atoms with Gasteiger partial charge in [-0.25, -0.2) is 4.79 Å². The minimum atomic E-state index is -1.02. The summed E-state index contributed by atoms with van der Waals surface area (Å²) >= 11 is 0. The summed E-state index contributed by atoms with van der Waals surface area (Å²) in [6.07, 6.45) is 3.38. The van der Waals surface area contributed by atoms with Crippen molar-refractivity contribution in [2.24, 2.45) is 5.92 Å². The molecule has 0 aromatic heterocycles. The van der Waals surface area contributed by atoms with E-state index in [9.17, 15) is 24.3 Å². The van der Waals surface area contributed by atoms with Gasteiger partial charge in [-0.15, -0.1) is 0 Å². The summed E-state index contributed by atoms with van der Waals surface area (Å²) in [4.78, 5) is 49.9. The van der Waals surface area contributed by atoms with Gasteiger partial charge < -0.3 is 26.0 Å². The highest BCUT2D eigenvalue weighted by atomic mass is 16.4. The summed E-state index contributed by atoms with van der Waals surface area (Å²) in [5.74, 6) is -2.22. The Bertz CT molecular complexity index is 576. The average molecular weight is 382 g/mol. The zero-order valence-electron chi connectivity index (χ0n) is 16.0. The maximum Gasteiger partial charge on any atom is 0.326 e. The number of carboxylic acids is 1. The molecule has 4 unspecified atom stereocenters. The maximum atomic E-state index is 12.9. The molecular weight excluding hydrogens is 352 g/mol. The molecule has 0 aromatic carbocycles. The van der Waals surface area contributed by atoms with Crippen LogP contribution >= 0.6 is 0 Å². The number of nitrogens with zero attached hydrogens (tertiary/aromatic N) is 1. The van der Waals surface area contributed by atoms with E-state index in [-0.39, 0.29) is 30.3 Å². The van der Waals surface area contributed by atoms with Crippen LogP contribution in [0.25, 0.3) is 0 Å². The van der Waals surface area contributed by atoms with E-state index in [2.05, 4.69) is 16.0 Å². The molecule has 4 N–H and O–H groups in total. The lowest BCUT2D eigenvalue weighted by atomic mass is 9.97. The van der Waals surface area contributed by atoms with E-state index < -0.39 is 24.0 Å². The molecule has 2 aliphatic rings. The number of hydrogen-bond acceptors (Lipinski definition) is 5. The third-order valence-electron chi connectivity index (χ3n) is 5.42. The fraction of sp³-hybridized carbons (Fsp3) is 0.778. The Morgan fingerprint density at radius 3 is 2.56 bits per heavy atom. The third kappa shape index (κ3) is 5.41. The molecular formula is C18H30N4O5. The predicted octanol–water partition coefficient (Wildman–Crippen LogP) is -0.539. The van der Waals surface area contributed by atoms with E-state index in [1.807, 2.05) is 13.8 Å². The van der Waals surface area contributed by atoms with E-state index in [4.69, 9.17) is 0 Å². The molecule has 0 spiro atoms. The van der Waals surface area contributed by atoms with Crippen LogP contribution in [-0.2, 0) is 19.2 Å². The summed E-state index contributed by atoms with van der Waals surface area (Å²) in [7, 11) is 0. The quantitative estimate of drug-likeness (QED) is 0.446. The molecule has 4 atom stereocenters. The molecule has 2 rings (SSSR count). The summed E-state index contributed by atoms with van der Waals surface area (Å²) in [6.45, 7) is 4.71. The molecule has 0 aromatic rings. The van der Waals surface area contributed by atoms with Gasteiger partial charge >= 0.3 is 5.97 Å². The van der Waals surface area contributed by atoms with E-state index >= 15 is 0 Å². The first-order valence-corrected chi connectivity index (χ1v) is 9.68. The minimum Gasteiger partial charge on any atom is -0.480 e. The lowest BCUT2D eigenvalue weighted by molar-refractivity contribution is -0.150. The van der Waals surface area contributed by atoms with Crippen LogP contribution < -0.4 is 16.0 Å². The Morgan fingerprint density at radius 1 is 1.22 bits per heavy atom. The zero-order chi connectivity index (χ0) is 20.0. The number of hydrogen-bond donors (Lipinski definition) is 4. The fourth-order valence-corrected chi connectivity index (χ4v) is 3.57. The molecule has 0 aliphatic carbocycles. The summed E-state index contributed by atoms with van der Waals surface area (Å²) < 4.78 is 0. The number of amides is 3. The van der Waals surface area contributed by atoms with Crippen molar-refractivity contribution in [2.45, 2.75) is 64.1 Å². The highest BCUT2D eigenvalue weighted by Crippen LogP contribution is 2.21. The Balaban J connectivity index is 1.94. The normalized spacial score (nSPS) is 24.3. The Kier molecular flexibility index (Phi) is 7.58. The topological polar surface area (TPSA) is 128 Å². The fourth-order valence-electron chi connectivity index (χ4n) is 3.57. The first kappa shape index (κ1) is 21.1. The van der Waals surface area contributed by atoms with Gasteiger partial charge in [0.15, 0.2) is 0 Å². The lowest BCUT2D eigenvalue weighted by Gasteiger charge is -2.30. The second kappa shape index (κ2) is 9.68. The van der Waals surface area contributed by atoms with Crippen LogP contribution in [0.1, 0.15) is 46.0 Å². The zero-order valence-corrected chi connectivity index (χ0v) is 16.0. The summed E-state index contributed by atoms with van der Waals surface area (Å²) in [5.41, 5.74) is 0. The number of aliphatic carboxylic acids is 1. The maximum absolute atomic E-state index is 12.9.